The van der Waals surface area contributed by atoms with Crippen LogP contribution in [0.25, 0.3) is 0 Å². The Morgan fingerprint density at radius 2 is 2.00 bits per heavy atom. The average Bonchev–Trinajstić information content (AvgIpc) is 2.37. The van der Waals surface area contributed by atoms with Crippen LogP contribution in [0.5, 0.6) is 11.5 Å². The van der Waals surface area contributed by atoms with Gasteiger partial charge in [-0.15, -0.1) is 0 Å². The molecule has 0 aliphatic carbocycles. The second-order valence-electron chi connectivity index (χ2n) is 5.37. The number of nitrogens with one attached hydrogen (secondary N) is 1. The maximum Gasteiger partial charge on any atom is 0.126 e. The zero-order valence-electron chi connectivity index (χ0n) is 12.2. The fourth-order valence-corrected chi connectivity index (χ4v) is 2.34. The summed E-state index contributed by atoms with van der Waals surface area (Å²) in [4.78, 5) is 0. The van der Waals surface area contributed by atoms with E-state index in [0.29, 0.717) is 6.04 Å². The van der Waals surface area contributed by atoms with Crippen molar-refractivity contribution in [1.29, 1.82) is 0 Å². The molecule has 1 saturated heterocycles. The van der Waals surface area contributed by atoms with Gasteiger partial charge in [-0.25, -0.2) is 0 Å². The van der Waals surface area contributed by atoms with Crippen LogP contribution >= 0.6 is 0 Å². The van der Waals surface area contributed by atoms with Crippen molar-refractivity contribution < 1.29 is 14.2 Å². The van der Waals surface area contributed by atoms with E-state index in [2.05, 4.69) is 25.2 Å². The molecular weight excluding hydrogens is 242 g/mol. The molecule has 0 atom stereocenters. The maximum atomic E-state index is 5.51. The van der Waals surface area contributed by atoms with Crippen LogP contribution in [0.4, 0.5) is 0 Å². The summed E-state index contributed by atoms with van der Waals surface area (Å²) in [5.41, 5.74) is 1.21. The molecule has 1 aliphatic rings. The SMILES string of the molecule is COc1ccc(C2(CNC(C)C)COC2)c(OC)c1. The Morgan fingerprint density at radius 1 is 1.26 bits per heavy atom. The van der Waals surface area contributed by atoms with Crippen molar-refractivity contribution in [2.75, 3.05) is 34.0 Å². The highest BCUT2D eigenvalue weighted by atomic mass is 16.5. The van der Waals surface area contributed by atoms with Crippen molar-refractivity contribution >= 4 is 0 Å². The Morgan fingerprint density at radius 3 is 2.47 bits per heavy atom. The molecule has 1 aromatic carbocycles. The van der Waals surface area contributed by atoms with E-state index in [1.165, 1.54) is 5.56 Å². The van der Waals surface area contributed by atoms with Crippen LogP contribution in [-0.4, -0.2) is 40.0 Å². The van der Waals surface area contributed by atoms with Crippen molar-refractivity contribution in [2.24, 2.45) is 0 Å². The van der Waals surface area contributed by atoms with Gasteiger partial charge in [0.2, 0.25) is 0 Å². The Labute approximate surface area is 115 Å². The van der Waals surface area contributed by atoms with Crippen LogP contribution in [-0.2, 0) is 10.2 Å². The molecule has 0 amide bonds. The third-order valence-corrected chi connectivity index (χ3v) is 3.59. The summed E-state index contributed by atoms with van der Waals surface area (Å²) < 4.78 is 16.2. The average molecular weight is 265 g/mol. The smallest absolute Gasteiger partial charge is 0.126 e. The Kier molecular flexibility index (Phi) is 4.32. The molecule has 0 aromatic heterocycles. The molecule has 1 aliphatic heterocycles. The first kappa shape index (κ1) is 14.2. The van der Waals surface area contributed by atoms with Gasteiger partial charge in [0.15, 0.2) is 0 Å². The predicted molar refractivity (Wildman–Crippen MR) is 75.2 cm³/mol. The van der Waals surface area contributed by atoms with Crippen molar-refractivity contribution in [3.05, 3.63) is 23.8 Å². The lowest BCUT2D eigenvalue weighted by atomic mass is 9.77. The summed E-state index contributed by atoms with van der Waals surface area (Å²) in [5, 5.41) is 3.50. The molecule has 1 fully saturated rings. The first-order chi connectivity index (χ1) is 9.11. The zero-order valence-corrected chi connectivity index (χ0v) is 12.2. The van der Waals surface area contributed by atoms with E-state index in [4.69, 9.17) is 14.2 Å². The Hall–Kier alpha value is -1.26. The van der Waals surface area contributed by atoms with Gasteiger partial charge in [0.1, 0.15) is 11.5 Å². The molecule has 0 unspecified atom stereocenters. The molecule has 106 valence electrons. The highest BCUT2D eigenvalue weighted by Gasteiger charge is 2.42. The standard InChI is InChI=1S/C15H23NO3/c1-11(2)16-8-15(9-19-10-15)13-6-5-12(17-3)7-14(13)18-4/h5-7,11,16H,8-10H2,1-4H3. The number of methoxy groups -OCH3 is 2. The molecule has 0 spiro atoms. The van der Waals surface area contributed by atoms with Crippen LogP contribution in [0.2, 0.25) is 0 Å². The molecule has 1 heterocycles. The third kappa shape index (κ3) is 2.85. The minimum absolute atomic E-state index is 0.0158. The number of hydrogen-bond donors (Lipinski definition) is 1. The molecule has 19 heavy (non-hydrogen) atoms. The van der Waals surface area contributed by atoms with Crippen LogP contribution in [0.1, 0.15) is 19.4 Å². The van der Waals surface area contributed by atoms with Gasteiger partial charge in [-0.3, -0.25) is 0 Å². The number of rotatable bonds is 6. The minimum atomic E-state index is 0.0158. The largest absolute Gasteiger partial charge is 0.497 e. The molecule has 0 saturated carbocycles. The van der Waals surface area contributed by atoms with E-state index < -0.39 is 0 Å². The lowest BCUT2D eigenvalue weighted by molar-refractivity contribution is -0.0606. The van der Waals surface area contributed by atoms with Crippen molar-refractivity contribution in [3.8, 4) is 11.5 Å². The van der Waals surface area contributed by atoms with Crippen LogP contribution in [0.3, 0.4) is 0 Å². The number of hydrogen-bond acceptors (Lipinski definition) is 4. The van der Waals surface area contributed by atoms with E-state index in [9.17, 15) is 0 Å². The first-order valence-electron chi connectivity index (χ1n) is 6.65. The van der Waals surface area contributed by atoms with Crippen LogP contribution in [0, 0.1) is 0 Å². The summed E-state index contributed by atoms with van der Waals surface area (Å²) in [6, 6.07) is 6.46. The molecule has 0 bridgehead atoms. The van der Waals surface area contributed by atoms with Crippen molar-refractivity contribution in [3.63, 3.8) is 0 Å². The summed E-state index contributed by atoms with van der Waals surface area (Å²) in [7, 11) is 3.36. The quantitative estimate of drug-likeness (QED) is 0.853. The Balaban J connectivity index is 2.27. The molecule has 0 radical (unpaired) electrons. The van der Waals surface area contributed by atoms with Gasteiger partial charge in [0, 0.05) is 24.2 Å². The molecular formula is C15H23NO3. The highest BCUT2D eigenvalue weighted by molar-refractivity contribution is 5.46. The van der Waals surface area contributed by atoms with Crippen molar-refractivity contribution in [2.45, 2.75) is 25.3 Å². The van der Waals surface area contributed by atoms with Gasteiger partial charge < -0.3 is 19.5 Å². The van der Waals surface area contributed by atoms with Gasteiger partial charge >= 0.3 is 0 Å². The van der Waals surface area contributed by atoms with Crippen molar-refractivity contribution in [1.82, 2.24) is 5.32 Å². The second-order valence-corrected chi connectivity index (χ2v) is 5.37. The molecule has 4 nitrogen and oxygen atoms in total. The molecule has 4 heteroatoms. The van der Waals surface area contributed by atoms with E-state index in [1.54, 1.807) is 14.2 Å². The van der Waals surface area contributed by atoms with Crippen LogP contribution in [0.15, 0.2) is 18.2 Å². The molecule has 2 rings (SSSR count). The second kappa shape index (κ2) is 5.80. The predicted octanol–water partition coefficient (Wildman–Crippen LogP) is 1.97. The third-order valence-electron chi connectivity index (χ3n) is 3.59. The topological polar surface area (TPSA) is 39.7 Å². The lowest BCUT2D eigenvalue weighted by Gasteiger charge is -2.43. The summed E-state index contributed by atoms with van der Waals surface area (Å²) in [5.74, 6) is 1.68. The molecule has 1 N–H and O–H groups in total. The van der Waals surface area contributed by atoms with Gasteiger partial charge in [0.05, 0.1) is 32.8 Å². The van der Waals surface area contributed by atoms with Gasteiger partial charge in [-0.2, -0.15) is 0 Å². The lowest BCUT2D eigenvalue weighted by Crippen LogP contribution is -2.54. The normalized spacial score (nSPS) is 17.1. The van der Waals surface area contributed by atoms with E-state index in [1.807, 2.05) is 12.1 Å². The van der Waals surface area contributed by atoms with E-state index >= 15 is 0 Å². The highest BCUT2D eigenvalue weighted by Crippen LogP contribution is 2.39. The number of ether oxygens (including phenoxy) is 3. The van der Waals surface area contributed by atoms with Gasteiger partial charge in [-0.1, -0.05) is 19.9 Å². The minimum Gasteiger partial charge on any atom is -0.497 e. The van der Waals surface area contributed by atoms with Gasteiger partial charge in [-0.05, 0) is 6.07 Å². The molecule has 1 aromatic rings. The maximum absolute atomic E-state index is 5.51. The monoisotopic (exact) mass is 265 g/mol. The Bertz CT molecular complexity index is 427. The summed E-state index contributed by atoms with van der Waals surface area (Å²) in [6.45, 7) is 6.66. The van der Waals surface area contributed by atoms with E-state index in [0.717, 1.165) is 31.3 Å². The zero-order chi connectivity index (χ0) is 13.9. The van der Waals surface area contributed by atoms with Gasteiger partial charge in [0.25, 0.3) is 0 Å². The fraction of sp³-hybridized carbons (Fsp3) is 0.600. The van der Waals surface area contributed by atoms with Crippen LogP contribution < -0.4 is 14.8 Å². The number of benzene rings is 1. The fourth-order valence-electron chi connectivity index (χ4n) is 2.34. The summed E-state index contributed by atoms with van der Waals surface area (Å²) in [6.07, 6.45) is 0. The van der Waals surface area contributed by atoms with E-state index in [-0.39, 0.29) is 5.41 Å². The summed E-state index contributed by atoms with van der Waals surface area (Å²) >= 11 is 0. The first-order valence-corrected chi connectivity index (χ1v) is 6.65.